The van der Waals surface area contributed by atoms with Gasteiger partial charge in [0.25, 0.3) is 0 Å². The smallest absolute Gasteiger partial charge is 0.410 e. The van der Waals surface area contributed by atoms with Crippen LogP contribution >= 0.6 is 12.2 Å². The molecule has 0 aromatic heterocycles. The molecule has 0 spiro atoms. The number of likely N-dealkylation sites (tertiary alicyclic amines) is 1. The highest BCUT2D eigenvalue weighted by Gasteiger charge is 2.38. The van der Waals surface area contributed by atoms with E-state index in [-0.39, 0.29) is 18.2 Å². The molecule has 1 heterocycles. The van der Waals surface area contributed by atoms with Gasteiger partial charge in [-0.05, 0) is 34.2 Å². The first kappa shape index (κ1) is 14.2. The normalized spacial score (nSPS) is 24.8. The molecule has 3 N–H and O–H groups in total. The number of rotatable bonds is 2. The molecule has 98 valence electrons. The number of ether oxygens (including phenoxy) is 1. The summed E-state index contributed by atoms with van der Waals surface area (Å²) in [6.45, 7) is 6.10. The minimum atomic E-state index is -0.504. The van der Waals surface area contributed by atoms with E-state index in [1.807, 2.05) is 27.8 Å². The van der Waals surface area contributed by atoms with Crippen molar-refractivity contribution in [1.29, 1.82) is 0 Å². The van der Waals surface area contributed by atoms with Gasteiger partial charge in [0.05, 0.1) is 11.0 Å². The van der Waals surface area contributed by atoms with Crippen LogP contribution in [0.3, 0.4) is 0 Å². The van der Waals surface area contributed by atoms with Gasteiger partial charge < -0.3 is 15.8 Å². The molecule has 0 aliphatic carbocycles. The lowest BCUT2D eigenvalue weighted by Crippen LogP contribution is -2.45. The first-order valence-electron chi connectivity index (χ1n) is 5.71. The zero-order chi connectivity index (χ0) is 13.2. The van der Waals surface area contributed by atoms with Gasteiger partial charge in [0.2, 0.25) is 0 Å². The lowest BCUT2D eigenvalue weighted by atomic mass is 10.2. The average Bonchev–Trinajstić information content (AvgIpc) is 2.58. The molecule has 6 heteroatoms. The molecule has 1 saturated heterocycles. The van der Waals surface area contributed by atoms with Gasteiger partial charge in [-0.15, -0.1) is 0 Å². The van der Waals surface area contributed by atoms with Crippen molar-refractivity contribution in [3.63, 3.8) is 0 Å². The zero-order valence-electron chi connectivity index (χ0n) is 10.8. The Morgan fingerprint density at radius 2 is 2.12 bits per heavy atom. The number of nitrogens with two attached hydrogens (primary N) is 1. The molecule has 0 bridgehead atoms. The summed E-state index contributed by atoms with van der Waals surface area (Å²) in [5, 5.41) is 3.13. The Kier molecular flexibility index (Phi) is 4.32. The van der Waals surface area contributed by atoms with Crippen LogP contribution in [0.15, 0.2) is 0 Å². The van der Waals surface area contributed by atoms with E-state index in [0.717, 1.165) is 6.42 Å². The highest BCUT2D eigenvalue weighted by molar-refractivity contribution is 7.80. The van der Waals surface area contributed by atoms with Gasteiger partial charge in [0, 0.05) is 12.6 Å². The molecule has 2 atom stereocenters. The van der Waals surface area contributed by atoms with Gasteiger partial charge in [-0.1, -0.05) is 12.2 Å². The summed E-state index contributed by atoms with van der Waals surface area (Å²) in [7, 11) is 1.86. The number of amides is 1. The fraction of sp³-hybridized carbons (Fsp3) is 0.818. The van der Waals surface area contributed by atoms with Crippen molar-refractivity contribution < 1.29 is 9.53 Å². The quantitative estimate of drug-likeness (QED) is 0.720. The van der Waals surface area contributed by atoms with Gasteiger partial charge in [-0.3, -0.25) is 4.90 Å². The van der Waals surface area contributed by atoms with Gasteiger partial charge in [0.15, 0.2) is 0 Å². The molecule has 1 fully saturated rings. The van der Waals surface area contributed by atoms with Crippen LogP contribution in [0.25, 0.3) is 0 Å². The molecule has 1 aliphatic rings. The largest absolute Gasteiger partial charge is 0.444 e. The Bertz CT molecular complexity index is 314. The number of hydrogen-bond donors (Lipinski definition) is 2. The number of thiocarbonyl (C=S) groups is 1. The number of nitrogens with one attached hydrogen (secondary N) is 1. The Labute approximate surface area is 108 Å². The van der Waals surface area contributed by atoms with Gasteiger partial charge in [-0.25, -0.2) is 4.79 Å². The van der Waals surface area contributed by atoms with Crippen LogP contribution in [0, 0.1) is 0 Å². The molecule has 1 rings (SSSR count). The lowest BCUT2D eigenvalue weighted by Gasteiger charge is -2.27. The second-order valence-corrected chi connectivity index (χ2v) is 5.74. The van der Waals surface area contributed by atoms with Crippen molar-refractivity contribution in [3.05, 3.63) is 0 Å². The summed E-state index contributed by atoms with van der Waals surface area (Å²) in [5.74, 6) is 0. The van der Waals surface area contributed by atoms with E-state index in [9.17, 15) is 4.79 Å². The van der Waals surface area contributed by atoms with Crippen LogP contribution in [-0.2, 0) is 4.74 Å². The van der Waals surface area contributed by atoms with Crippen molar-refractivity contribution in [3.8, 4) is 0 Å². The fourth-order valence-electron chi connectivity index (χ4n) is 1.84. The molecular weight excluding hydrogens is 238 g/mol. The van der Waals surface area contributed by atoms with Crippen molar-refractivity contribution in [2.45, 2.75) is 44.9 Å². The van der Waals surface area contributed by atoms with Crippen LogP contribution in [-0.4, -0.2) is 47.3 Å². The number of carbonyl (C=O) groups is 1. The van der Waals surface area contributed by atoms with Crippen molar-refractivity contribution in [1.82, 2.24) is 10.2 Å². The standard InChI is InChI=1S/C11H21N3O2S/c1-11(2,3)16-10(15)14-6-7(13-4)5-8(14)9(12)17/h7-8,13H,5-6H2,1-4H3,(H2,12,17). The molecule has 1 aliphatic heterocycles. The van der Waals surface area contributed by atoms with Crippen molar-refractivity contribution in [2.24, 2.45) is 5.73 Å². The maximum Gasteiger partial charge on any atom is 0.410 e. The van der Waals surface area contributed by atoms with Crippen LogP contribution in [0.1, 0.15) is 27.2 Å². The molecule has 0 saturated carbocycles. The second kappa shape index (κ2) is 5.18. The monoisotopic (exact) mass is 259 g/mol. The number of hydrogen-bond acceptors (Lipinski definition) is 4. The minimum absolute atomic E-state index is 0.211. The van der Waals surface area contributed by atoms with Gasteiger partial charge in [-0.2, -0.15) is 0 Å². The van der Waals surface area contributed by atoms with Gasteiger partial charge >= 0.3 is 6.09 Å². The summed E-state index contributed by atoms with van der Waals surface area (Å²) >= 11 is 4.99. The molecule has 17 heavy (non-hydrogen) atoms. The maximum absolute atomic E-state index is 12.0. The summed E-state index contributed by atoms with van der Waals surface area (Å²) < 4.78 is 5.34. The molecular formula is C11H21N3O2S. The fourth-order valence-corrected chi connectivity index (χ4v) is 2.06. The van der Waals surface area contributed by atoms with Crippen LogP contribution in [0.5, 0.6) is 0 Å². The summed E-state index contributed by atoms with van der Waals surface area (Å²) in [4.78, 5) is 13.9. The first-order chi connectivity index (χ1) is 7.74. The molecule has 5 nitrogen and oxygen atoms in total. The minimum Gasteiger partial charge on any atom is -0.444 e. The Morgan fingerprint density at radius 1 is 1.53 bits per heavy atom. The number of carbonyl (C=O) groups excluding carboxylic acids is 1. The van der Waals surface area contributed by atoms with Crippen molar-refractivity contribution >= 4 is 23.3 Å². The number of nitrogens with zero attached hydrogens (tertiary/aromatic N) is 1. The number of likely N-dealkylation sites (N-methyl/N-ethyl adjacent to an activating group) is 1. The third-order valence-electron chi connectivity index (χ3n) is 2.67. The summed E-state index contributed by atoms with van der Waals surface area (Å²) in [6, 6.07) is 0.00585. The van der Waals surface area contributed by atoms with E-state index >= 15 is 0 Å². The van der Waals surface area contributed by atoms with E-state index in [4.69, 9.17) is 22.7 Å². The van der Waals surface area contributed by atoms with Gasteiger partial charge in [0.1, 0.15) is 5.60 Å². The Balaban J connectivity index is 2.73. The summed E-state index contributed by atoms with van der Waals surface area (Å²) in [5.41, 5.74) is 5.16. The highest BCUT2D eigenvalue weighted by Crippen LogP contribution is 2.21. The van der Waals surface area contributed by atoms with Crippen molar-refractivity contribution in [2.75, 3.05) is 13.6 Å². The van der Waals surface area contributed by atoms with Crippen LogP contribution in [0.2, 0.25) is 0 Å². The molecule has 0 radical (unpaired) electrons. The van der Waals surface area contributed by atoms with E-state index in [0.29, 0.717) is 11.5 Å². The zero-order valence-corrected chi connectivity index (χ0v) is 11.6. The second-order valence-electron chi connectivity index (χ2n) is 5.27. The Hall–Kier alpha value is -0.880. The Morgan fingerprint density at radius 3 is 2.53 bits per heavy atom. The molecule has 2 unspecified atom stereocenters. The van der Waals surface area contributed by atoms with E-state index in [2.05, 4.69) is 5.32 Å². The van der Waals surface area contributed by atoms with E-state index in [1.54, 1.807) is 4.90 Å². The predicted molar refractivity (Wildman–Crippen MR) is 71.0 cm³/mol. The predicted octanol–water partition coefficient (Wildman–Crippen LogP) is 0.870. The van der Waals surface area contributed by atoms with E-state index in [1.165, 1.54) is 0 Å². The maximum atomic E-state index is 12.0. The molecule has 1 amide bonds. The highest BCUT2D eigenvalue weighted by atomic mass is 32.1. The third kappa shape index (κ3) is 3.81. The van der Waals surface area contributed by atoms with Crippen LogP contribution < -0.4 is 11.1 Å². The lowest BCUT2D eigenvalue weighted by molar-refractivity contribution is 0.0263. The topological polar surface area (TPSA) is 67.6 Å². The van der Waals surface area contributed by atoms with E-state index < -0.39 is 5.60 Å². The molecule has 0 aromatic carbocycles. The summed E-state index contributed by atoms with van der Waals surface area (Å²) in [6.07, 6.45) is 0.387. The SMILES string of the molecule is CNC1CC(C(N)=S)N(C(=O)OC(C)(C)C)C1. The first-order valence-corrected chi connectivity index (χ1v) is 6.11. The van der Waals surface area contributed by atoms with Crippen LogP contribution in [0.4, 0.5) is 4.79 Å². The average molecular weight is 259 g/mol. The molecule has 0 aromatic rings. The third-order valence-corrected chi connectivity index (χ3v) is 2.94.